The summed E-state index contributed by atoms with van der Waals surface area (Å²) >= 11 is 12.1. The van der Waals surface area contributed by atoms with Crippen LogP contribution in [0.5, 0.6) is 0 Å². The predicted molar refractivity (Wildman–Crippen MR) is 161 cm³/mol. The number of nitrogens with one attached hydrogen (secondary N) is 4. The number of fused-ring (bicyclic) bond motifs is 2. The molecule has 0 aromatic heterocycles. The molecule has 2 aliphatic heterocycles. The largest absolute Gasteiger partial charge is 0.352 e. The highest BCUT2D eigenvalue weighted by Crippen LogP contribution is 2.55. The van der Waals surface area contributed by atoms with E-state index in [0.29, 0.717) is 35.5 Å². The van der Waals surface area contributed by atoms with Crippen LogP contribution in [0.1, 0.15) is 45.6 Å². The zero-order valence-corrected chi connectivity index (χ0v) is 25.9. The number of rotatable bonds is 9. The molecule has 2 fully saturated rings. The van der Waals surface area contributed by atoms with Gasteiger partial charge in [-0.05, 0) is 54.0 Å². The zero-order valence-electron chi connectivity index (χ0n) is 23.6. The molecule has 2 amide bonds. The summed E-state index contributed by atoms with van der Waals surface area (Å²) in [6.45, 7) is 9.67. The van der Waals surface area contributed by atoms with Crippen molar-refractivity contribution in [2.45, 2.75) is 69.6 Å². The molecule has 2 heterocycles. The van der Waals surface area contributed by atoms with Gasteiger partial charge in [0.1, 0.15) is 12.1 Å². The first-order valence-corrected chi connectivity index (χ1v) is 16.1. The van der Waals surface area contributed by atoms with E-state index in [1.807, 2.05) is 6.07 Å². The van der Waals surface area contributed by atoms with E-state index in [2.05, 4.69) is 48.0 Å². The molecule has 8 nitrogen and oxygen atoms in total. The molecule has 1 aromatic rings. The van der Waals surface area contributed by atoms with E-state index in [-0.39, 0.29) is 34.3 Å². The molecular formula is C29H37Cl2FN4O4S. The molecular weight excluding hydrogens is 590 g/mol. The molecule has 41 heavy (non-hydrogen) atoms. The second-order valence-electron chi connectivity index (χ2n) is 12.4. The Morgan fingerprint density at radius 3 is 2.56 bits per heavy atom. The predicted octanol–water partition coefficient (Wildman–Crippen LogP) is 4.32. The van der Waals surface area contributed by atoms with E-state index in [0.717, 1.165) is 11.8 Å². The van der Waals surface area contributed by atoms with Crippen molar-refractivity contribution < 1.29 is 22.4 Å². The highest BCUT2D eigenvalue weighted by molar-refractivity contribution is 7.88. The van der Waals surface area contributed by atoms with Crippen LogP contribution in [-0.2, 0) is 25.0 Å². The number of anilines is 1. The van der Waals surface area contributed by atoms with Gasteiger partial charge >= 0.3 is 0 Å². The Labute approximate surface area is 251 Å². The molecule has 4 rings (SSSR count). The maximum absolute atomic E-state index is 14.1. The molecule has 1 spiro atoms. The third-order valence-corrected chi connectivity index (χ3v) is 9.11. The number of halogens is 3. The van der Waals surface area contributed by atoms with Crippen molar-refractivity contribution in [3.8, 4) is 0 Å². The van der Waals surface area contributed by atoms with Gasteiger partial charge in [-0.25, -0.2) is 17.5 Å². The van der Waals surface area contributed by atoms with Gasteiger partial charge in [-0.15, -0.1) is 0 Å². The van der Waals surface area contributed by atoms with Crippen LogP contribution in [0, 0.1) is 11.3 Å². The first-order chi connectivity index (χ1) is 19.0. The smallest absolute Gasteiger partial charge is 0.238 e. The molecule has 4 N–H and O–H groups in total. The van der Waals surface area contributed by atoms with Crippen molar-refractivity contribution in [2.24, 2.45) is 11.3 Å². The number of hydrogen-bond acceptors (Lipinski definition) is 5. The first-order valence-electron chi connectivity index (χ1n) is 13.5. The Bertz CT molecular complexity index is 1400. The second-order valence-corrected chi connectivity index (χ2v) is 15.1. The summed E-state index contributed by atoms with van der Waals surface area (Å²) in [5.41, 5.74) is 0.409. The van der Waals surface area contributed by atoms with E-state index in [1.165, 1.54) is 6.08 Å². The Kier molecular flexibility index (Phi) is 9.12. The van der Waals surface area contributed by atoms with E-state index in [4.69, 9.17) is 23.2 Å². The van der Waals surface area contributed by atoms with Crippen molar-refractivity contribution in [2.75, 3.05) is 18.2 Å². The Morgan fingerprint density at radius 1 is 1.27 bits per heavy atom. The van der Waals surface area contributed by atoms with Crippen LogP contribution >= 0.6 is 23.2 Å². The van der Waals surface area contributed by atoms with Crippen molar-refractivity contribution in [1.29, 1.82) is 0 Å². The van der Waals surface area contributed by atoms with Gasteiger partial charge in [0.05, 0.1) is 12.3 Å². The highest BCUT2D eigenvalue weighted by atomic mass is 35.5. The molecule has 0 radical (unpaired) electrons. The average Bonchev–Trinajstić information content (AvgIpc) is 3.30. The van der Waals surface area contributed by atoms with Crippen LogP contribution in [0.4, 0.5) is 10.1 Å². The molecule has 1 aromatic carbocycles. The molecule has 4 atom stereocenters. The minimum Gasteiger partial charge on any atom is -0.352 e. The lowest BCUT2D eigenvalue weighted by atomic mass is 9.62. The number of benzene rings is 1. The van der Waals surface area contributed by atoms with Crippen LogP contribution in [-0.4, -0.2) is 57.3 Å². The molecule has 12 heteroatoms. The van der Waals surface area contributed by atoms with Crippen molar-refractivity contribution in [3.63, 3.8) is 0 Å². The third kappa shape index (κ3) is 6.72. The van der Waals surface area contributed by atoms with Gasteiger partial charge in [0.15, 0.2) is 0 Å². The van der Waals surface area contributed by atoms with Crippen LogP contribution in [0.3, 0.4) is 0 Å². The number of amides is 2. The normalized spacial score (nSPS) is 29.9. The van der Waals surface area contributed by atoms with Crippen LogP contribution in [0.2, 0.25) is 5.02 Å². The van der Waals surface area contributed by atoms with Crippen molar-refractivity contribution in [3.05, 3.63) is 64.2 Å². The Balaban J connectivity index is 1.75. The SMILES string of the molecule is C=C(/C=C\C=C(\Cl)CF)[C@H]1[C@H](C(=O)N[C@H]2C[C@H](NS(C)(=O)=O)C2)N[C@H](CC(C)(C)C)[C@]12C(=O)Nc1cc(Cl)ccc12. The van der Waals surface area contributed by atoms with Gasteiger partial charge < -0.3 is 16.0 Å². The van der Waals surface area contributed by atoms with E-state index >= 15 is 0 Å². The minimum absolute atomic E-state index is 0.00838. The molecule has 0 unspecified atom stereocenters. The van der Waals surface area contributed by atoms with Gasteiger partial charge in [-0.2, -0.15) is 0 Å². The fourth-order valence-electron chi connectivity index (χ4n) is 6.32. The number of carbonyl (C=O) groups excluding carboxylic acids is 2. The van der Waals surface area contributed by atoms with Gasteiger partial charge in [-0.1, -0.05) is 68.8 Å². The quantitative estimate of drug-likeness (QED) is 0.305. The van der Waals surface area contributed by atoms with Gasteiger partial charge in [-0.3, -0.25) is 9.59 Å². The van der Waals surface area contributed by atoms with Crippen LogP contribution < -0.4 is 20.7 Å². The van der Waals surface area contributed by atoms with Gasteiger partial charge in [0.2, 0.25) is 21.8 Å². The van der Waals surface area contributed by atoms with E-state index in [9.17, 15) is 22.4 Å². The number of carbonyl (C=O) groups is 2. The highest BCUT2D eigenvalue weighted by Gasteiger charge is 2.65. The molecule has 1 saturated heterocycles. The van der Waals surface area contributed by atoms with E-state index in [1.54, 1.807) is 24.3 Å². The van der Waals surface area contributed by atoms with Crippen LogP contribution in [0.15, 0.2) is 53.6 Å². The molecule has 1 aliphatic carbocycles. The monoisotopic (exact) mass is 626 g/mol. The lowest BCUT2D eigenvalue weighted by molar-refractivity contribution is -0.125. The standard InChI is InChI=1S/C29H37Cl2FN4O4S/c1-16(7-6-8-18(31)15-32)24-25(26(37)33-19-12-20(13-19)36-41(5,39)40)35-23(14-28(2,3)4)29(24)21-10-9-17(30)11-22(21)34-27(29)38/h6-11,19-20,23-25,35-36H,1,12-15H2,2-5H3,(H,33,37)(H,34,38)/b7-6-,18-8+/t19-,20-,23-,24+,25-,29+/m1/s1. The van der Waals surface area contributed by atoms with Crippen molar-refractivity contribution >= 4 is 50.7 Å². The van der Waals surface area contributed by atoms with Crippen LogP contribution in [0.25, 0.3) is 0 Å². The topological polar surface area (TPSA) is 116 Å². The number of hydrogen-bond donors (Lipinski definition) is 4. The first kappa shape index (κ1) is 31.7. The number of allylic oxidation sites excluding steroid dienone is 4. The molecule has 1 saturated carbocycles. The maximum Gasteiger partial charge on any atom is 0.238 e. The second kappa shape index (κ2) is 11.8. The fraction of sp³-hybridized carbons (Fsp3) is 0.517. The Morgan fingerprint density at radius 2 is 1.95 bits per heavy atom. The lowest BCUT2D eigenvalue weighted by Crippen LogP contribution is -2.57. The van der Waals surface area contributed by atoms with Gasteiger partial charge in [0, 0.05) is 39.8 Å². The van der Waals surface area contributed by atoms with E-state index < -0.39 is 40.1 Å². The Hall–Kier alpha value is -2.24. The summed E-state index contributed by atoms with van der Waals surface area (Å²) in [6.07, 6.45) is 7.22. The number of alkyl halides is 1. The minimum atomic E-state index is -3.35. The summed E-state index contributed by atoms with van der Waals surface area (Å²) in [7, 11) is -3.35. The molecule has 0 bridgehead atoms. The van der Waals surface area contributed by atoms with Crippen molar-refractivity contribution in [1.82, 2.24) is 15.4 Å². The summed E-state index contributed by atoms with van der Waals surface area (Å²) in [6, 6.07) is 3.51. The fourth-order valence-corrected chi connectivity index (χ4v) is 7.37. The summed E-state index contributed by atoms with van der Waals surface area (Å²) in [4.78, 5) is 28.0. The molecule has 3 aliphatic rings. The molecule has 224 valence electrons. The maximum atomic E-state index is 14.1. The summed E-state index contributed by atoms with van der Waals surface area (Å²) in [5.74, 6) is -1.28. The lowest BCUT2D eigenvalue weighted by Gasteiger charge is -2.38. The number of sulfonamides is 1. The third-order valence-electron chi connectivity index (χ3n) is 7.88. The summed E-state index contributed by atoms with van der Waals surface area (Å²) < 4.78 is 38.7. The zero-order chi connectivity index (χ0) is 30.3. The van der Waals surface area contributed by atoms with Gasteiger partial charge in [0.25, 0.3) is 0 Å². The average molecular weight is 628 g/mol. The summed E-state index contributed by atoms with van der Waals surface area (Å²) in [5, 5.41) is 10.0.